The van der Waals surface area contributed by atoms with Crippen LogP contribution in [0, 0.1) is 0 Å². The molecule has 4 aliphatic rings. The number of aliphatic hydroxyl groups is 7. The van der Waals surface area contributed by atoms with Crippen LogP contribution in [0.4, 0.5) is 0 Å². The van der Waals surface area contributed by atoms with Crippen LogP contribution in [0.1, 0.15) is 13.3 Å². The molecule has 17 N–H and O–H groups in total. The molecule has 0 unspecified atom stereocenters. The summed E-state index contributed by atoms with van der Waals surface area (Å²) in [5, 5.41) is 72.7. The van der Waals surface area contributed by atoms with Crippen molar-refractivity contribution in [1.29, 1.82) is 0 Å². The van der Waals surface area contributed by atoms with Crippen molar-refractivity contribution in [3.05, 3.63) is 0 Å². The Morgan fingerprint density at radius 2 is 1.15 bits per heavy atom. The van der Waals surface area contributed by atoms with Gasteiger partial charge in [-0.2, -0.15) is 0 Å². The molecule has 0 aromatic heterocycles. The van der Waals surface area contributed by atoms with E-state index in [1.54, 1.807) is 0 Å². The molecule has 4 fully saturated rings. The molecule has 0 radical (unpaired) electrons. The van der Waals surface area contributed by atoms with Crippen LogP contribution in [0.15, 0.2) is 0 Å². The van der Waals surface area contributed by atoms with Gasteiger partial charge in [0.05, 0.1) is 30.9 Å². The quantitative estimate of drug-likeness (QED) is 0.123. The zero-order valence-electron chi connectivity index (χ0n) is 22.6. The molecule has 0 aromatic carbocycles. The first-order chi connectivity index (χ1) is 19.3. The Hall–Kier alpha value is -0.720. The highest BCUT2D eigenvalue weighted by atomic mass is 16.8. The lowest BCUT2D eigenvalue weighted by Crippen LogP contribution is -2.67. The number of nitrogens with two attached hydrogens (primary N) is 5. The smallest absolute Gasteiger partial charge is 0.187 e. The highest BCUT2D eigenvalue weighted by Crippen LogP contribution is 2.34. The van der Waals surface area contributed by atoms with Crippen molar-refractivity contribution in [2.24, 2.45) is 28.7 Å². The van der Waals surface area contributed by atoms with Crippen molar-refractivity contribution in [3.63, 3.8) is 0 Å². The first-order valence-corrected chi connectivity index (χ1v) is 13.6. The third kappa shape index (κ3) is 6.55. The second-order valence-electron chi connectivity index (χ2n) is 11.2. The second-order valence-corrected chi connectivity index (χ2v) is 11.2. The first kappa shape index (κ1) is 33.2. The molecule has 3 saturated heterocycles. The summed E-state index contributed by atoms with van der Waals surface area (Å²) in [7, 11) is 0. The van der Waals surface area contributed by atoms with E-state index in [9.17, 15) is 35.7 Å². The van der Waals surface area contributed by atoms with E-state index in [2.05, 4.69) is 0 Å². The Kier molecular flexibility index (Phi) is 10.9. The van der Waals surface area contributed by atoms with Crippen molar-refractivity contribution in [3.8, 4) is 0 Å². The molecule has 0 spiro atoms. The molecule has 18 nitrogen and oxygen atoms in total. The van der Waals surface area contributed by atoms with Crippen LogP contribution in [0.2, 0.25) is 0 Å². The average Bonchev–Trinajstić information content (AvgIpc) is 3.24. The summed E-state index contributed by atoms with van der Waals surface area (Å²) in [5.74, 6) is 0. The van der Waals surface area contributed by atoms with Gasteiger partial charge in [-0.15, -0.1) is 0 Å². The summed E-state index contributed by atoms with van der Waals surface area (Å²) >= 11 is 0. The molecule has 4 rings (SSSR count). The lowest BCUT2D eigenvalue weighted by Gasteiger charge is -2.47. The van der Waals surface area contributed by atoms with Gasteiger partial charge in [0.25, 0.3) is 0 Å². The van der Waals surface area contributed by atoms with E-state index in [1.165, 1.54) is 6.92 Å². The first-order valence-electron chi connectivity index (χ1n) is 13.6. The minimum Gasteiger partial charge on any atom is -0.394 e. The van der Waals surface area contributed by atoms with Crippen LogP contribution >= 0.6 is 0 Å². The van der Waals surface area contributed by atoms with Crippen LogP contribution in [0.5, 0.6) is 0 Å². The molecular weight excluding hydrogens is 554 g/mol. The predicted molar refractivity (Wildman–Crippen MR) is 135 cm³/mol. The Bertz CT molecular complexity index is 852. The molecule has 0 aromatic rings. The van der Waals surface area contributed by atoms with Crippen LogP contribution in [0.25, 0.3) is 0 Å². The monoisotopic (exact) mass is 599 g/mol. The van der Waals surface area contributed by atoms with Gasteiger partial charge in [0.1, 0.15) is 61.0 Å². The fourth-order valence-corrected chi connectivity index (χ4v) is 5.64. The maximum atomic E-state index is 11.1. The molecule has 1 saturated carbocycles. The molecule has 3 heterocycles. The van der Waals surface area contributed by atoms with Gasteiger partial charge in [-0.25, -0.2) is 0 Å². The van der Waals surface area contributed by atoms with Crippen LogP contribution < -0.4 is 28.7 Å². The van der Waals surface area contributed by atoms with E-state index in [-0.39, 0.29) is 13.0 Å². The van der Waals surface area contributed by atoms with E-state index in [0.717, 1.165) is 0 Å². The highest BCUT2D eigenvalue weighted by Gasteiger charge is 2.54. The van der Waals surface area contributed by atoms with Gasteiger partial charge >= 0.3 is 0 Å². The molecule has 18 heteroatoms. The van der Waals surface area contributed by atoms with Crippen molar-refractivity contribution in [1.82, 2.24) is 0 Å². The molecule has 0 amide bonds. The van der Waals surface area contributed by atoms with Crippen molar-refractivity contribution < 1.29 is 64.2 Å². The van der Waals surface area contributed by atoms with Gasteiger partial charge in [0.2, 0.25) is 0 Å². The second kappa shape index (κ2) is 13.5. The summed E-state index contributed by atoms with van der Waals surface area (Å²) in [4.78, 5) is 0. The van der Waals surface area contributed by atoms with Gasteiger partial charge in [0, 0.05) is 18.6 Å². The highest BCUT2D eigenvalue weighted by molar-refractivity contribution is 5.02. The summed E-state index contributed by atoms with van der Waals surface area (Å²) in [6.07, 6.45) is -19.1. The number of ether oxygens (including phenoxy) is 6. The Labute approximate surface area is 236 Å². The standard InChI is InChI=1S/C23H45N5O13/c1-5-12(30)15(33)10(27)21(36-5)39-18-7(26)2-6(25)13(31)20(18)41-23-17(35)19(9(4-29)38-23)40-22-11(28)16(34)14(32)8(3-24)37-22/h5-23,29-35H,2-4,24-28H2,1H3/t5-,6-,7+,8-,9-,10-,11-,12-,13+,14-,15-,16-,17-,18-,19-,20-,21-,22-,23+/m1/s1. The van der Waals surface area contributed by atoms with Gasteiger partial charge in [-0.3, -0.25) is 0 Å². The fourth-order valence-electron chi connectivity index (χ4n) is 5.64. The molecule has 0 bridgehead atoms. The third-order valence-electron chi connectivity index (χ3n) is 8.28. The summed E-state index contributed by atoms with van der Waals surface area (Å²) in [5.41, 5.74) is 30.0. The van der Waals surface area contributed by atoms with E-state index >= 15 is 0 Å². The van der Waals surface area contributed by atoms with E-state index < -0.39 is 123 Å². The number of aliphatic hydroxyl groups excluding tert-OH is 7. The van der Waals surface area contributed by atoms with Crippen molar-refractivity contribution in [2.75, 3.05) is 13.2 Å². The normalized spacial score (nSPS) is 54.8. The minimum absolute atomic E-state index is 0.112. The minimum atomic E-state index is -1.59. The maximum Gasteiger partial charge on any atom is 0.187 e. The number of hydrogen-bond donors (Lipinski definition) is 12. The van der Waals surface area contributed by atoms with Gasteiger partial charge in [-0.05, 0) is 13.3 Å². The van der Waals surface area contributed by atoms with Gasteiger partial charge < -0.3 is 92.8 Å². The largest absolute Gasteiger partial charge is 0.394 e. The van der Waals surface area contributed by atoms with E-state index in [4.69, 9.17) is 57.1 Å². The SMILES string of the molecule is C[C@H]1O[C@H](O[C@H]2[C@H](O[C@@H]3O[C@H](CO)[C@@H](O[C@H]4O[C@H](CN)[C@@H](O)[C@H](O)[C@H]4N)[C@H]3O)[C@@H](O)[C@H](N)C[C@@H]2N)[C@H](N)[C@@H](O)[C@@H]1O. The maximum absolute atomic E-state index is 11.1. The topological polar surface area (TPSA) is 327 Å². The fraction of sp³-hybridized carbons (Fsp3) is 1.00. The zero-order chi connectivity index (χ0) is 30.3. The molecule has 19 atom stereocenters. The molecule has 240 valence electrons. The number of hydrogen-bond acceptors (Lipinski definition) is 18. The average molecular weight is 600 g/mol. The Morgan fingerprint density at radius 3 is 1.76 bits per heavy atom. The van der Waals surface area contributed by atoms with Crippen LogP contribution in [-0.4, -0.2) is 165 Å². The van der Waals surface area contributed by atoms with E-state index in [0.29, 0.717) is 0 Å². The molecular formula is C23H45N5O13. The summed E-state index contributed by atoms with van der Waals surface area (Å²) in [6.45, 7) is 0.726. The number of rotatable bonds is 8. The van der Waals surface area contributed by atoms with Crippen molar-refractivity contribution >= 4 is 0 Å². The Balaban J connectivity index is 1.49. The predicted octanol–water partition coefficient (Wildman–Crippen LogP) is -7.83. The van der Waals surface area contributed by atoms with Gasteiger partial charge in [-0.1, -0.05) is 0 Å². The van der Waals surface area contributed by atoms with E-state index in [1.807, 2.05) is 0 Å². The van der Waals surface area contributed by atoms with Crippen molar-refractivity contribution in [2.45, 2.75) is 130 Å². The third-order valence-corrected chi connectivity index (χ3v) is 8.28. The van der Waals surface area contributed by atoms with Gasteiger partial charge in [0.15, 0.2) is 18.9 Å². The molecule has 41 heavy (non-hydrogen) atoms. The molecule has 3 aliphatic heterocycles. The summed E-state index contributed by atoms with van der Waals surface area (Å²) in [6, 6.07) is -4.07. The molecule has 1 aliphatic carbocycles. The summed E-state index contributed by atoms with van der Waals surface area (Å²) < 4.78 is 34.6. The van der Waals surface area contributed by atoms with Crippen LogP contribution in [0.3, 0.4) is 0 Å². The Morgan fingerprint density at radius 1 is 0.610 bits per heavy atom. The lowest BCUT2D eigenvalue weighted by atomic mass is 9.84. The zero-order valence-corrected chi connectivity index (χ0v) is 22.6. The lowest BCUT2D eigenvalue weighted by molar-refractivity contribution is -0.306. The van der Waals surface area contributed by atoms with Crippen LogP contribution in [-0.2, 0) is 28.4 Å².